The average molecular weight is 388 g/mol. The molecule has 2 atom stereocenters. The van der Waals surface area contributed by atoms with Gasteiger partial charge in [0.1, 0.15) is 5.54 Å². The van der Waals surface area contributed by atoms with Gasteiger partial charge in [-0.25, -0.2) is 0 Å². The van der Waals surface area contributed by atoms with Gasteiger partial charge in [-0.05, 0) is 17.2 Å². The van der Waals surface area contributed by atoms with E-state index in [4.69, 9.17) is 11.2 Å². The maximum Gasteiger partial charge on any atom is 0.304 e. The van der Waals surface area contributed by atoms with Gasteiger partial charge < -0.3 is 9.64 Å². The van der Waals surface area contributed by atoms with Crippen molar-refractivity contribution in [1.29, 1.82) is 0 Å². The number of carbonyl (C=O) groups is 3. The lowest BCUT2D eigenvalue weighted by Gasteiger charge is -2.40. The molecule has 0 radical (unpaired) electrons. The Morgan fingerprint density at radius 3 is 2.55 bits per heavy atom. The Bertz CT molecular complexity index is 1030. The van der Waals surface area contributed by atoms with Crippen LogP contribution in [0.15, 0.2) is 54.6 Å². The quantitative estimate of drug-likeness (QED) is 0.595. The van der Waals surface area contributed by atoms with Gasteiger partial charge in [0.15, 0.2) is 0 Å². The van der Waals surface area contributed by atoms with E-state index in [0.29, 0.717) is 11.1 Å². The molecule has 0 N–H and O–H groups in total. The molecule has 0 bridgehead atoms. The highest BCUT2D eigenvalue weighted by Gasteiger charge is 2.63. The average Bonchev–Trinajstić information content (AvgIpc) is 3.11. The van der Waals surface area contributed by atoms with Crippen molar-refractivity contribution in [2.24, 2.45) is 0 Å². The molecule has 2 aromatic rings. The Morgan fingerprint density at radius 1 is 1.17 bits per heavy atom. The third-order valence-corrected chi connectivity index (χ3v) is 5.51. The van der Waals surface area contributed by atoms with Crippen molar-refractivity contribution >= 4 is 17.8 Å². The summed E-state index contributed by atoms with van der Waals surface area (Å²) in [6, 6.07) is 16.7. The molecule has 0 aromatic heterocycles. The number of carbonyl (C=O) groups excluding carboxylic acids is 3. The second-order valence-electron chi connectivity index (χ2n) is 7.21. The zero-order valence-corrected chi connectivity index (χ0v) is 16.0. The molecule has 0 saturated carbocycles. The third-order valence-electron chi connectivity index (χ3n) is 5.51. The van der Waals surface area contributed by atoms with E-state index in [1.807, 2.05) is 42.5 Å². The molecule has 1 saturated heterocycles. The van der Waals surface area contributed by atoms with Crippen molar-refractivity contribution in [3.63, 3.8) is 0 Å². The summed E-state index contributed by atoms with van der Waals surface area (Å²) in [5.74, 6) is 1.47. The molecule has 0 unspecified atom stereocenters. The van der Waals surface area contributed by atoms with Crippen LogP contribution in [0.1, 0.15) is 34.8 Å². The molecule has 29 heavy (non-hydrogen) atoms. The van der Waals surface area contributed by atoms with Gasteiger partial charge in [0.25, 0.3) is 5.91 Å². The van der Waals surface area contributed by atoms with Gasteiger partial charge in [-0.15, -0.1) is 6.42 Å². The largest absolute Gasteiger partial charge is 0.439 e. The van der Waals surface area contributed by atoms with Crippen molar-refractivity contribution in [2.45, 2.75) is 31.7 Å². The smallest absolute Gasteiger partial charge is 0.304 e. The first-order chi connectivity index (χ1) is 14.0. The zero-order chi connectivity index (χ0) is 20.6. The normalized spacial score (nSPS) is 22.7. The molecule has 4 rings (SSSR count). The standard InChI is InChI=1S/C23H20N2O4/c1-3-13-24-20(27)14-23(22(24)29-16(2)26)19-12-8-7-11-18(19)21(28)25(23)15-17-9-5-4-6-10-17/h1,4-12,22H,13-15H2,2H3/t22-,23-/m0/s1. The van der Waals surface area contributed by atoms with E-state index in [0.717, 1.165) is 5.56 Å². The summed E-state index contributed by atoms with van der Waals surface area (Å²) in [7, 11) is 0. The number of amides is 2. The molecule has 1 fully saturated rings. The maximum atomic E-state index is 13.4. The molecule has 2 aromatic carbocycles. The molecule has 6 nitrogen and oxygen atoms in total. The number of ether oxygens (including phenoxy) is 1. The summed E-state index contributed by atoms with van der Waals surface area (Å²) >= 11 is 0. The molecule has 2 aliphatic heterocycles. The van der Waals surface area contributed by atoms with Gasteiger partial charge in [-0.3, -0.25) is 19.3 Å². The van der Waals surface area contributed by atoms with Crippen LogP contribution in [0.25, 0.3) is 0 Å². The highest BCUT2D eigenvalue weighted by atomic mass is 16.6. The number of hydrogen-bond donors (Lipinski definition) is 0. The first-order valence-corrected chi connectivity index (χ1v) is 9.34. The highest BCUT2D eigenvalue weighted by Crippen LogP contribution is 2.50. The summed E-state index contributed by atoms with van der Waals surface area (Å²) in [5.41, 5.74) is 0.983. The summed E-state index contributed by atoms with van der Waals surface area (Å²) < 4.78 is 5.63. The minimum Gasteiger partial charge on any atom is -0.439 e. The minimum atomic E-state index is -1.12. The van der Waals surface area contributed by atoms with Crippen molar-refractivity contribution < 1.29 is 19.1 Å². The van der Waals surface area contributed by atoms with Crippen LogP contribution in [0, 0.1) is 12.3 Å². The number of terminal acetylenes is 1. The van der Waals surface area contributed by atoms with E-state index in [1.54, 1.807) is 17.0 Å². The van der Waals surface area contributed by atoms with Crippen molar-refractivity contribution in [1.82, 2.24) is 9.80 Å². The molecule has 2 aliphatic rings. The predicted octanol–water partition coefficient (Wildman–Crippen LogP) is 2.29. The fourth-order valence-corrected chi connectivity index (χ4v) is 4.35. The van der Waals surface area contributed by atoms with Crippen molar-refractivity contribution in [3.05, 3.63) is 71.3 Å². The van der Waals surface area contributed by atoms with Crippen LogP contribution in [0.4, 0.5) is 0 Å². The van der Waals surface area contributed by atoms with E-state index in [2.05, 4.69) is 5.92 Å². The molecular formula is C23H20N2O4. The molecule has 2 amide bonds. The Labute approximate surface area is 169 Å². The number of nitrogens with zero attached hydrogens (tertiary/aromatic N) is 2. The van der Waals surface area contributed by atoms with E-state index in [-0.39, 0.29) is 31.3 Å². The minimum absolute atomic E-state index is 0.00220. The lowest BCUT2D eigenvalue weighted by atomic mass is 9.86. The van der Waals surface area contributed by atoms with Gasteiger partial charge in [-0.1, -0.05) is 54.5 Å². The van der Waals surface area contributed by atoms with E-state index < -0.39 is 17.7 Å². The Hall–Kier alpha value is -3.59. The molecule has 146 valence electrons. The first-order valence-electron chi connectivity index (χ1n) is 9.34. The number of fused-ring (bicyclic) bond motifs is 2. The lowest BCUT2D eigenvalue weighted by molar-refractivity contribution is -0.166. The van der Waals surface area contributed by atoms with Crippen LogP contribution < -0.4 is 0 Å². The molecule has 1 spiro atoms. The second kappa shape index (κ2) is 7.10. The third kappa shape index (κ3) is 2.87. The van der Waals surface area contributed by atoms with Crippen LogP contribution in [0.3, 0.4) is 0 Å². The number of likely N-dealkylation sites (tertiary alicyclic amines) is 1. The predicted molar refractivity (Wildman–Crippen MR) is 105 cm³/mol. The Kier molecular flexibility index (Phi) is 4.59. The van der Waals surface area contributed by atoms with E-state index >= 15 is 0 Å². The SMILES string of the molecule is C#CCN1C(=O)C[C@]2(c3ccccc3C(=O)N2Cc2ccccc2)[C@@H]1OC(C)=O. The van der Waals surface area contributed by atoms with Gasteiger partial charge >= 0.3 is 5.97 Å². The summed E-state index contributed by atoms with van der Waals surface area (Å²) in [6.07, 6.45) is 4.48. The van der Waals surface area contributed by atoms with Crippen LogP contribution in [0.2, 0.25) is 0 Å². The molecule has 6 heteroatoms. The summed E-state index contributed by atoms with van der Waals surface area (Å²) in [4.78, 5) is 41.3. The van der Waals surface area contributed by atoms with Gasteiger partial charge in [0.2, 0.25) is 12.1 Å². The summed E-state index contributed by atoms with van der Waals surface area (Å²) in [5, 5.41) is 0. The zero-order valence-electron chi connectivity index (χ0n) is 16.0. The molecule has 0 aliphatic carbocycles. The fourth-order valence-electron chi connectivity index (χ4n) is 4.35. The first kappa shape index (κ1) is 18.8. The summed E-state index contributed by atoms with van der Waals surface area (Å²) in [6.45, 7) is 1.56. The van der Waals surface area contributed by atoms with Crippen molar-refractivity contribution in [3.8, 4) is 12.3 Å². The van der Waals surface area contributed by atoms with Gasteiger partial charge in [0.05, 0.1) is 13.0 Å². The number of hydrogen-bond acceptors (Lipinski definition) is 4. The highest BCUT2D eigenvalue weighted by molar-refractivity contribution is 6.02. The van der Waals surface area contributed by atoms with Crippen LogP contribution in [-0.2, 0) is 26.4 Å². The Morgan fingerprint density at radius 2 is 1.86 bits per heavy atom. The fraction of sp³-hybridized carbons (Fsp3) is 0.261. The van der Waals surface area contributed by atoms with E-state index in [1.165, 1.54) is 11.8 Å². The number of rotatable bonds is 4. The van der Waals surface area contributed by atoms with Crippen molar-refractivity contribution in [2.75, 3.05) is 6.54 Å². The van der Waals surface area contributed by atoms with Gasteiger partial charge in [0, 0.05) is 19.0 Å². The topological polar surface area (TPSA) is 66.9 Å². The number of benzene rings is 2. The second-order valence-corrected chi connectivity index (χ2v) is 7.21. The Balaban J connectivity index is 1.89. The van der Waals surface area contributed by atoms with Crippen LogP contribution in [-0.4, -0.2) is 40.4 Å². The maximum absolute atomic E-state index is 13.4. The molecule has 2 heterocycles. The lowest BCUT2D eigenvalue weighted by Crippen LogP contribution is -2.54. The van der Waals surface area contributed by atoms with Gasteiger partial charge in [-0.2, -0.15) is 0 Å². The van der Waals surface area contributed by atoms with E-state index in [9.17, 15) is 14.4 Å². The number of esters is 1. The molecular weight excluding hydrogens is 368 g/mol. The van der Waals surface area contributed by atoms with Crippen LogP contribution in [0.5, 0.6) is 0 Å². The monoisotopic (exact) mass is 388 g/mol. The van der Waals surface area contributed by atoms with Crippen LogP contribution >= 0.6 is 0 Å².